The molecular weight excluding hydrogens is 468 g/mol. The van der Waals surface area contributed by atoms with Crippen LogP contribution in [0.3, 0.4) is 0 Å². The average Bonchev–Trinajstić information content (AvgIpc) is 3.42. The second-order valence-electron chi connectivity index (χ2n) is 8.90. The number of rotatable bonds is 7. The quantitative estimate of drug-likeness (QED) is 0.354. The molecule has 186 valence electrons. The second-order valence-corrected chi connectivity index (χ2v) is 8.90. The van der Waals surface area contributed by atoms with Gasteiger partial charge in [-0.05, 0) is 35.2 Å². The largest absolute Gasteiger partial charge is 0.379 e. The Morgan fingerprint density at radius 2 is 1.76 bits per heavy atom. The van der Waals surface area contributed by atoms with Crippen molar-refractivity contribution in [1.29, 1.82) is 0 Å². The lowest BCUT2D eigenvalue weighted by Crippen LogP contribution is -2.38. The highest BCUT2D eigenvalue weighted by Crippen LogP contribution is 2.28. The highest BCUT2D eigenvalue weighted by molar-refractivity contribution is 5.95. The van der Waals surface area contributed by atoms with E-state index >= 15 is 0 Å². The average molecular weight is 495 g/mol. The lowest BCUT2D eigenvalue weighted by Gasteiger charge is -2.26. The van der Waals surface area contributed by atoms with Gasteiger partial charge in [-0.2, -0.15) is 5.10 Å². The molecule has 5 aromatic rings. The number of benzene rings is 1. The monoisotopic (exact) mass is 494 g/mol. The van der Waals surface area contributed by atoms with E-state index in [0.717, 1.165) is 67.2 Å². The zero-order valence-electron chi connectivity index (χ0n) is 20.2. The van der Waals surface area contributed by atoms with Crippen LogP contribution in [0, 0.1) is 0 Å². The molecule has 0 bridgehead atoms. The summed E-state index contributed by atoms with van der Waals surface area (Å²) in [4.78, 5) is 30.7. The van der Waals surface area contributed by atoms with Gasteiger partial charge in [0.15, 0.2) is 0 Å². The number of anilines is 2. The van der Waals surface area contributed by atoms with E-state index in [9.17, 15) is 4.79 Å². The Morgan fingerprint density at radius 1 is 0.946 bits per heavy atom. The molecule has 0 saturated carbocycles. The summed E-state index contributed by atoms with van der Waals surface area (Å²) in [7, 11) is 0. The fourth-order valence-corrected chi connectivity index (χ4v) is 4.47. The predicted molar refractivity (Wildman–Crippen MR) is 142 cm³/mol. The molecule has 10 nitrogen and oxygen atoms in total. The van der Waals surface area contributed by atoms with E-state index in [1.54, 1.807) is 18.6 Å². The molecule has 0 atom stereocenters. The van der Waals surface area contributed by atoms with Crippen LogP contribution in [0.25, 0.3) is 33.2 Å². The van der Waals surface area contributed by atoms with E-state index in [1.165, 1.54) is 6.33 Å². The number of hydrogen-bond acceptors (Lipinski definition) is 8. The smallest absolute Gasteiger partial charge is 0.259 e. The van der Waals surface area contributed by atoms with Crippen molar-refractivity contribution < 1.29 is 4.74 Å². The number of ether oxygens (including phenoxy) is 1. The van der Waals surface area contributed by atoms with Gasteiger partial charge in [0, 0.05) is 61.2 Å². The number of pyridine rings is 2. The summed E-state index contributed by atoms with van der Waals surface area (Å²) in [6, 6.07) is 11.7. The molecule has 37 heavy (non-hydrogen) atoms. The van der Waals surface area contributed by atoms with Crippen molar-refractivity contribution in [2.45, 2.75) is 6.54 Å². The van der Waals surface area contributed by atoms with Crippen molar-refractivity contribution in [2.75, 3.05) is 38.2 Å². The first-order valence-electron chi connectivity index (χ1n) is 12.2. The Kier molecular flexibility index (Phi) is 6.40. The Morgan fingerprint density at radius 3 is 2.57 bits per heavy atom. The maximum absolute atomic E-state index is 12.7. The SMILES string of the molecule is O=c1[nH]ccc2cc(-c3cncnc3)nc(Nc3ccc(-c4cnn(CCN5CCOCC5)c4)cc3)c12. The van der Waals surface area contributed by atoms with Gasteiger partial charge in [0.05, 0.1) is 37.0 Å². The maximum atomic E-state index is 12.7. The third-order valence-electron chi connectivity index (χ3n) is 6.47. The van der Waals surface area contributed by atoms with E-state index in [2.05, 4.69) is 36.5 Å². The van der Waals surface area contributed by atoms with Crippen molar-refractivity contribution in [3.8, 4) is 22.4 Å². The fourth-order valence-electron chi connectivity index (χ4n) is 4.47. The maximum Gasteiger partial charge on any atom is 0.259 e. The molecule has 0 radical (unpaired) electrons. The van der Waals surface area contributed by atoms with Crippen molar-refractivity contribution >= 4 is 22.3 Å². The standard InChI is InChI=1S/C27H26N8O2/c36-27-25-20(5-6-30-27)13-24(21-14-28-18-29-15-21)33-26(25)32-23-3-1-19(2-4-23)22-16-31-35(17-22)8-7-34-9-11-37-12-10-34/h1-6,13-18H,7-12H2,(H,30,36)(H,32,33). The summed E-state index contributed by atoms with van der Waals surface area (Å²) in [6.45, 7) is 5.35. The summed E-state index contributed by atoms with van der Waals surface area (Å²) in [5, 5.41) is 9.14. The van der Waals surface area contributed by atoms with E-state index < -0.39 is 0 Å². The Balaban J connectivity index is 1.22. The lowest BCUT2D eigenvalue weighted by atomic mass is 10.1. The van der Waals surface area contributed by atoms with E-state index in [1.807, 2.05) is 47.3 Å². The van der Waals surface area contributed by atoms with Crippen LogP contribution in [0.5, 0.6) is 0 Å². The minimum atomic E-state index is -0.204. The predicted octanol–water partition coefficient (Wildman–Crippen LogP) is 3.32. The molecule has 6 rings (SSSR count). The van der Waals surface area contributed by atoms with Gasteiger partial charge in [-0.25, -0.2) is 15.0 Å². The van der Waals surface area contributed by atoms with Crippen LogP contribution < -0.4 is 10.9 Å². The number of nitrogens with one attached hydrogen (secondary N) is 2. The Hall–Kier alpha value is -4.41. The van der Waals surface area contributed by atoms with Gasteiger partial charge in [-0.1, -0.05) is 12.1 Å². The molecule has 0 amide bonds. The number of hydrogen-bond donors (Lipinski definition) is 2. The Labute approximate surface area is 213 Å². The Bertz CT molecular complexity index is 1560. The molecule has 5 heterocycles. The summed E-state index contributed by atoms with van der Waals surface area (Å²) < 4.78 is 7.40. The normalized spacial score (nSPS) is 14.2. The van der Waals surface area contributed by atoms with Crippen LogP contribution in [0.4, 0.5) is 11.5 Å². The molecular formula is C27H26N8O2. The van der Waals surface area contributed by atoms with Gasteiger partial charge in [0.25, 0.3) is 5.56 Å². The van der Waals surface area contributed by atoms with Gasteiger partial charge < -0.3 is 15.0 Å². The number of aromatic nitrogens is 6. The highest BCUT2D eigenvalue weighted by Gasteiger charge is 2.13. The van der Waals surface area contributed by atoms with Crippen LogP contribution in [-0.2, 0) is 11.3 Å². The molecule has 1 saturated heterocycles. The number of H-pyrrole nitrogens is 1. The molecule has 1 fully saturated rings. The molecule has 4 aromatic heterocycles. The molecule has 0 aliphatic carbocycles. The van der Waals surface area contributed by atoms with Crippen LogP contribution in [-0.4, -0.2) is 67.5 Å². The van der Waals surface area contributed by atoms with E-state index in [4.69, 9.17) is 9.72 Å². The molecule has 10 heteroatoms. The van der Waals surface area contributed by atoms with Crippen molar-refractivity contribution in [1.82, 2.24) is 34.6 Å². The van der Waals surface area contributed by atoms with Crippen molar-refractivity contribution in [2.24, 2.45) is 0 Å². The van der Waals surface area contributed by atoms with Crippen LogP contribution in [0.1, 0.15) is 0 Å². The summed E-state index contributed by atoms with van der Waals surface area (Å²) in [6.07, 6.45) is 10.5. The topological polar surface area (TPSA) is 114 Å². The number of morpholine rings is 1. The summed E-state index contributed by atoms with van der Waals surface area (Å²) >= 11 is 0. The second kappa shape index (κ2) is 10.3. The van der Waals surface area contributed by atoms with Crippen molar-refractivity contribution in [3.63, 3.8) is 0 Å². The first-order chi connectivity index (χ1) is 18.2. The molecule has 2 N–H and O–H groups in total. The van der Waals surface area contributed by atoms with Crippen molar-refractivity contribution in [3.05, 3.63) is 84.1 Å². The third kappa shape index (κ3) is 5.11. The van der Waals surface area contributed by atoms with Crippen LogP contribution >= 0.6 is 0 Å². The minimum Gasteiger partial charge on any atom is -0.379 e. The zero-order valence-corrected chi connectivity index (χ0v) is 20.2. The number of nitrogens with zero attached hydrogens (tertiary/aromatic N) is 6. The van der Waals surface area contributed by atoms with Gasteiger partial charge >= 0.3 is 0 Å². The highest BCUT2D eigenvalue weighted by atomic mass is 16.5. The first kappa shape index (κ1) is 23.0. The molecule has 0 unspecified atom stereocenters. The molecule has 1 aromatic carbocycles. The summed E-state index contributed by atoms with van der Waals surface area (Å²) in [5.41, 5.74) is 4.19. The molecule has 0 spiro atoms. The third-order valence-corrected chi connectivity index (χ3v) is 6.47. The number of fused-ring (bicyclic) bond motifs is 1. The van der Waals surface area contributed by atoms with Gasteiger partial charge in [0.2, 0.25) is 0 Å². The van der Waals surface area contributed by atoms with Gasteiger partial charge in [0.1, 0.15) is 12.1 Å². The fraction of sp³-hybridized carbons (Fsp3) is 0.222. The van der Waals surface area contributed by atoms with E-state index in [0.29, 0.717) is 16.9 Å². The minimum absolute atomic E-state index is 0.204. The van der Waals surface area contributed by atoms with Crippen LogP contribution in [0.2, 0.25) is 0 Å². The lowest BCUT2D eigenvalue weighted by molar-refractivity contribution is 0.0360. The molecule has 1 aliphatic heterocycles. The summed E-state index contributed by atoms with van der Waals surface area (Å²) in [5.74, 6) is 0.474. The zero-order chi connectivity index (χ0) is 25.0. The first-order valence-corrected chi connectivity index (χ1v) is 12.2. The van der Waals surface area contributed by atoms with E-state index in [-0.39, 0.29) is 5.56 Å². The van der Waals surface area contributed by atoms with Gasteiger partial charge in [-0.15, -0.1) is 0 Å². The van der Waals surface area contributed by atoms with Gasteiger partial charge in [-0.3, -0.25) is 14.4 Å². The van der Waals surface area contributed by atoms with Crippen LogP contribution in [0.15, 0.2) is 78.5 Å². The number of aromatic amines is 1. The molecule has 1 aliphatic rings.